The molecule has 0 radical (unpaired) electrons. The number of benzene rings is 1. The molecule has 1 aromatic carbocycles. The number of hydrogen-bond donors (Lipinski definition) is 2. The molecule has 0 aliphatic rings. The number of aryl methyl sites for hydroxylation is 2. The van der Waals surface area contributed by atoms with Crippen molar-refractivity contribution in [2.45, 2.75) is 18.4 Å². The Kier molecular flexibility index (Phi) is 4.48. The molecular formula is C12H14Cl2N4O2S. The molecule has 114 valence electrons. The van der Waals surface area contributed by atoms with Gasteiger partial charge in [0.2, 0.25) is 10.0 Å². The minimum absolute atomic E-state index is 0.0181. The summed E-state index contributed by atoms with van der Waals surface area (Å²) < 4.78 is 28.7. The number of nitrogens with two attached hydrogens (primary N) is 1. The van der Waals surface area contributed by atoms with Crippen LogP contribution in [-0.2, 0) is 23.6 Å². The van der Waals surface area contributed by atoms with Crippen LogP contribution in [0.1, 0.15) is 11.3 Å². The fourth-order valence-electron chi connectivity index (χ4n) is 1.90. The number of aromatic nitrogens is 2. The molecule has 2 aromatic rings. The zero-order chi connectivity index (χ0) is 15.8. The summed E-state index contributed by atoms with van der Waals surface area (Å²) in [7, 11) is -2.09. The molecule has 0 amide bonds. The van der Waals surface area contributed by atoms with Gasteiger partial charge in [-0.15, -0.1) is 0 Å². The first-order chi connectivity index (χ1) is 9.70. The molecule has 9 heteroatoms. The van der Waals surface area contributed by atoms with Crippen LogP contribution in [0.15, 0.2) is 23.2 Å². The number of rotatable bonds is 4. The van der Waals surface area contributed by atoms with Crippen LogP contribution >= 0.6 is 23.2 Å². The number of anilines is 1. The number of nitrogens with zero attached hydrogens (tertiary/aromatic N) is 2. The summed E-state index contributed by atoms with van der Waals surface area (Å²) in [6.45, 7) is 1.89. The molecule has 0 bridgehead atoms. The Bertz CT molecular complexity index is 764. The van der Waals surface area contributed by atoms with E-state index in [1.807, 2.05) is 0 Å². The molecular weight excluding hydrogens is 335 g/mol. The second-order valence-electron chi connectivity index (χ2n) is 4.55. The molecule has 0 unspecified atom stereocenters. The van der Waals surface area contributed by atoms with Crippen molar-refractivity contribution in [3.8, 4) is 0 Å². The average molecular weight is 349 g/mol. The van der Waals surface area contributed by atoms with Crippen molar-refractivity contribution in [2.24, 2.45) is 7.05 Å². The fourth-order valence-corrected chi connectivity index (χ4v) is 4.14. The van der Waals surface area contributed by atoms with Crippen molar-refractivity contribution >= 4 is 38.9 Å². The summed E-state index contributed by atoms with van der Waals surface area (Å²) in [6.07, 6.45) is 1.74. The molecule has 6 nitrogen and oxygen atoms in total. The van der Waals surface area contributed by atoms with Crippen LogP contribution in [0, 0.1) is 6.92 Å². The maximum atomic E-state index is 12.3. The summed E-state index contributed by atoms with van der Waals surface area (Å²) in [5.74, 6) is 0. The summed E-state index contributed by atoms with van der Waals surface area (Å²) in [5, 5.41) is 4.11. The molecule has 0 saturated heterocycles. The van der Waals surface area contributed by atoms with E-state index in [0.29, 0.717) is 5.69 Å². The lowest BCUT2D eigenvalue weighted by molar-refractivity contribution is 0.581. The minimum Gasteiger partial charge on any atom is -0.399 e. The number of nitrogen functional groups attached to an aromatic ring is 1. The Morgan fingerprint density at radius 3 is 2.38 bits per heavy atom. The average Bonchev–Trinajstić information content (AvgIpc) is 2.63. The number of halogens is 2. The van der Waals surface area contributed by atoms with Crippen LogP contribution in [0.2, 0.25) is 10.0 Å². The Hall–Kier alpha value is -1.28. The summed E-state index contributed by atoms with van der Waals surface area (Å²) in [5.41, 5.74) is 7.37. The summed E-state index contributed by atoms with van der Waals surface area (Å²) in [4.78, 5) is -0.179. The van der Waals surface area contributed by atoms with Gasteiger partial charge in [0, 0.05) is 31.0 Å². The van der Waals surface area contributed by atoms with Crippen LogP contribution < -0.4 is 10.5 Å². The first kappa shape index (κ1) is 16.1. The predicted molar refractivity (Wildman–Crippen MR) is 82.8 cm³/mol. The van der Waals surface area contributed by atoms with Crippen LogP contribution in [0.5, 0.6) is 0 Å². The molecule has 0 spiro atoms. The standard InChI is InChI=1S/C12H14Cl2N4O2S/c1-7-8(6-18(2)17-7)5-16-21(19,20)12-10(13)3-9(15)4-11(12)14/h3-4,6,16H,5,15H2,1-2H3. The highest BCUT2D eigenvalue weighted by Gasteiger charge is 2.22. The molecule has 0 saturated carbocycles. The zero-order valence-electron chi connectivity index (χ0n) is 11.4. The number of hydrogen-bond acceptors (Lipinski definition) is 4. The van der Waals surface area contributed by atoms with Gasteiger partial charge < -0.3 is 5.73 Å². The number of sulfonamides is 1. The second kappa shape index (κ2) is 5.84. The highest BCUT2D eigenvalue weighted by Crippen LogP contribution is 2.31. The fraction of sp³-hybridized carbons (Fsp3) is 0.250. The van der Waals surface area contributed by atoms with Gasteiger partial charge in [-0.2, -0.15) is 5.10 Å². The highest BCUT2D eigenvalue weighted by atomic mass is 35.5. The van der Waals surface area contributed by atoms with Gasteiger partial charge in [-0.3, -0.25) is 4.68 Å². The van der Waals surface area contributed by atoms with E-state index in [1.165, 1.54) is 12.1 Å². The van der Waals surface area contributed by atoms with Crippen LogP contribution in [0.3, 0.4) is 0 Å². The Morgan fingerprint density at radius 2 is 1.90 bits per heavy atom. The van der Waals surface area contributed by atoms with Gasteiger partial charge in [-0.25, -0.2) is 13.1 Å². The first-order valence-corrected chi connectivity index (χ1v) is 8.18. The van der Waals surface area contributed by atoms with Crippen molar-refractivity contribution in [3.05, 3.63) is 39.6 Å². The predicted octanol–water partition coefficient (Wildman–Crippen LogP) is 2.10. The van der Waals surface area contributed by atoms with Gasteiger partial charge in [0.15, 0.2) is 0 Å². The summed E-state index contributed by atoms with van der Waals surface area (Å²) in [6, 6.07) is 2.69. The maximum absolute atomic E-state index is 12.3. The second-order valence-corrected chi connectivity index (χ2v) is 7.07. The Morgan fingerprint density at radius 1 is 1.33 bits per heavy atom. The van der Waals surface area contributed by atoms with Crippen molar-refractivity contribution in [1.29, 1.82) is 0 Å². The van der Waals surface area contributed by atoms with Gasteiger partial charge in [-0.05, 0) is 19.1 Å². The van der Waals surface area contributed by atoms with E-state index >= 15 is 0 Å². The van der Waals surface area contributed by atoms with Crippen molar-refractivity contribution in [2.75, 3.05) is 5.73 Å². The number of nitrogens with one attached hydrogen (secondary N) is 1. The van der Waals surface area contributed by atoms with Crippen LogP contribution in [0.4, 0.5) is 5.69 Å². The van der Waals surface area contributed by atoms with Crippen LogP contribution in [-0.4, -0.2) is 18.2 Å². The smallest absolute Gasteiger partial charge is 0.243 e. The van der Waals surface area contributed by atoms with E-state index in [2.05, 4.69) is 9.82 Å². The largest absolute Gasteiger partial charge is 0.399 e. The molecule has 0 aliphatic carbocycles. The topological polar surface area (TPSA) is 90.0 Å². The molecule has 0 atom stereocenters. The summed E-state index contributed by atoms with van der Waals surface area (Å²) >= 11 is 11.9. The lowest BCUT2D eigenvalue weighted by Gasteiger charge is -2.10. The third-order valence-electron chi connectivity index (χ3n) is 2.86. The molecule has 21 heavy (non-hydrogen) atoms. The third-order valence-corrected chi connectivity index (χ3v) is 5.18. The minimum atomic E-state index is -3.85. The molecule has 1 heterocycles. The SMILES string of the molecule is Cc1nn(C)cc1CNS(=O)(=O)c1c(Cl)cc(N)cc1Cl. The van der Waals surface area contributed by atoms with Gasteiger partial charge in [0.1, 0.15) is 4.90 Å². The molecule has 1 aromatic heterocycles. The monoisotopic (exact) mass is 348 g/mol. The molecule has 3 N–H and O–H groups in total. The lowest BCUT2D eigenvalue weighted by atomic mass is 10.3. The van der Waals surface area contributed by atoms with E-state index in [-0.39, 0.29) is 21.5 Å². The molecule has 0 fully saturated rings. The highest BCUT2D eigenvalue weighted by molar-refractivity contribution is 7.89. The lowest BCUT2D eigenvalue weighted by Crippen LogP contribution is -2.24. The van der Waals surface area contributed by atoms with Crippen molar-refractivity contribution < 1.29 is 8.42 Å². The molecule has 2 rings (SSSR count). The van der Waals surface area contributed by atoms with Crippen molar-refractivity contribution in [3.63, 3.8) is 0 Å². The van der Waals surface area contributed by atoms with E-state index in [1.54, 1.807) is 24.9 Å². The normalized spacial score (nSPS) is 11.8. The maximum Gasteiger partial charge on any atom is 0.243 e. The van der Waals surface area contributed by atoms with Gasteiger partial charge in [0.25, 0.3) is 0 Å². The van der Waals surface area contributed by atoms with Crippen molar-refractivity contribution in [1.82, 2.24) is 14.5 Å². The van der Waals surface area contributed by atoms with Gasteiger partial charge >= 0.3 is 0 Å². The van der Waals surface area contributed by atoms with E-state index < -0.39 is 10.0 Å². The van der Waals surface area contributed by atoms with Gasteiger partial charge in [0.05, 0.1) is 15.7 Å². The van der Waals surface area contributed by atoms with E-state index in [0.717, 1.165) is 11.3 Å². The first-order valence-electron chi connectivity index (χ1n) is 5.94. The quantitative estimate of drug-likeness (QED) is 0.827. The zero-order valence-corrected chi connectivity index (χ0v) is 13.7. The Labute approximate surface area is 132 Å². The Balaban J connectivity index is 2.29. The third kappa shape index (κ3) is 3.49. The van der Waals surface area contributed by atoms with Crippen LogP contribution in [0.25, 0.3) is 0 Å². The van der Waals surface area contributed by atoms with E-state index in [4.69, 9.17) is 28.9 Å². The van der Waals surface area contributed by atoms with E-state index in [9.17, 15) is 8.42 Å². The molecule has 0 aliphatic heterocycles. The van der Waals surface area contributed by atoms with Gasteiger partial charge in [-0.1, -0.05) is 23.2 Å².